The molecule has 1 heterocycles. The van der Waals surface area contributed by atoms with Gasteiger partial charge in [0.2, 0.25) is 10.0 Å². The van der Waals surface area contributed by atoms with Crippen LogP contribution < -0.4 is 0 Å². The molecule has 0 bridgehead atoms. The molecule has 1 aliphatic heterocycles. The molecule has 3 nitrogen and oxygen atoms in total. The summed E-state index contributed by atoms with van der Waals surface area (Å²) in [7, 11) is -3.53. The van der Waals surface area contributed by atoms with Crippen LogP contribution >= 0.6 is 0 Å². The molecule has 0 spiro atoms. The van der Waals surface area contributed by atoms with Crippen molar-refractivity contribution in [3.8, 4) is 11.1 Å². The Morgan fingerprint density at radius 3 is 2.37 bits per heavy atom. The minimum absolute atomic E-state index is 0.133. The number of fused-ring (bicyclic) bond motifs is 2. The van der Waals surface area contributed by atoms with Crippen molar-refractivity contribution in [1.82, 2.24) is 4.31 Å². The highest BCUT2D eigenvalue weighted by Crippen LogP contribution is 2.46. The van der Waals surface area contributed by atoms with Gasteiger partial charge in [-0.3, -0.25) is 0 Å². The van der Waals surface area contributed by atoms with E-state index in [1.54, 1.807) is 16.4 Å². The zero-order valence-corrected chi connectivity index (χ0v) is 16.0. The molecule has 1 aliphatic carbocycles. The van der Waals surface area contributed by atoms with Gasteiger partial charge in [0, 0.05) is 6.54 Å². The summed E-state index contributed by atoms with van der Waals surface area (Å²) in [6.07, 6.45) is 1.48. The molecule has 0 saturated heterocycles. The first-order valence-electron chi connectivity index (χ1n) is 9.34. The summed E-state index contributed by atoms with van der Waals surface area (Å²) >= 11 is 0. The molecule has 1 unspecified atom stereocenters. The summed E-state index contributed by atoms with van der Waals surface area (Å²) in [5.41, 5.74) is 7.17. The highest BCUT2D eigenvalue weighted by molar-refractivity contribution is 7.89. The van der Waals surface area contributed by atoms with Crippen molar-refractivity contribution in [3.63, 3.8) is 0 Å². The lowest BCUT2D eigenvalue weighted by molar-refractivity contribution is 0.304. The van der Waals surface area contributed by atoms with Crippen molar-refractivity contribution in [3.05, 3.63) is 89.0 Å². The lowest BCUT2D eigenvalue weighted by atomic mass is 9.78. The number of rotatable bonds is 2. The summed E-state index contributed by atoms with van der Waals surface area (Å²) in [5, 5.41) is 0. The molecule has 2 aliphatic rings. The molecular formula is C23H21NO2S. The molecule has 3 aromatic rings. The molecule has 0 fully saturated rings. The summed E-state index contributed by atoms with van der Waals surface area (Å²) in [4.78, 5) is 0.382. The van der Waals surface area contributed by atoms with Gasteiger partial charge in [0.1, 0.15) is 0 Å². The predicted octanol–water partition coefficient (Wildman–Crippen LogP) is 4.51. The van der Waals surface area contributed by atoms with Gasteiger partial charge in [-0.1, -0.05) is 60.2 Å². The second kappa shape index (κ2) is 6.04. The van der Waals surface area contributed by atoms with E-state index in [-0.39, 0.29) is 6.04 Å². The maximum atomic E-state index is 13.5. The van der Waals surface area contributed by atoms with Crippen LogP contribution in [0.5, 0.6) is 0 Å². The van der Waals surface area contributed by atoms with Crippen LogP contribution in [0.1, 0.15) is 28.3 Å². The van der Waals surface area contributed by atoms with E-state index in [1.807, 2.05) is 25.1 Å². The normalized spacial score (nSPS) is 18.6. The zero-order chi connectivity index (χ0) is 18.6. The highest BCUT2D eigenvalue weighted by Gasteiger charge is 2.40. The highest BCUT2D eigenvalue weighted by atomic mass is 32.2. The average molecular weight is 375 g/mol. The van der Waals surface area contributed by atoms with Crippen molar-refractivity contribution in [1.29, 1.82) is 0 Å². The van der Waals surface area contributed by atoms with Crippen LogP contribution in [-0.4, -0.2) is 19.3 Å². The van der Waals surface area contributed by atoms with E-state index >= 15 is 0 Å². The fourth-order valence-corrected chi connectivity index (χ4v) is 6.09. The van der Waals surface area contributed by atoms with E-state index in [2.05, 4.69) is 36.4 Å². The van der Waals surface area contributed by atoms with E-state index in [0.717, 1.165) is 18.4 Å². The van der Waals surface area contributed by atoms with Crippen LogP contribution in [0.3, 0.4) is 0 Å². The first-order chi connectivity index (χ1) is 13.1. The number of hydrogen-bond donors (Lipinski definition) is 0. The van der Waals surface area contributed by atoms with Crippen LogP contribution in [0.15, 0.2) is 71.6 Å². The van der Waals surface area contributed by atoms with Crippen molar-refractivity contribution in [2.24, 2.45) is 0 Å². The first-order valence-corrected chi connectivity index (χ1v) is 10.8. The SMILES string of the molecule is Cc1ccc(S(=O)(=O)N2CCc3cccc4c3C2Cc2ccccc2-4)cc1. The second-order valence-electron chi connectivity index (χ2n) is 7.43. The predicted molar refractivity (Wildman–Crippen MR) is 107 cm³/mol. The Labute approximate surface area is 160 Å². The molecular weight excluding hydrogens is 354 g/mol. The number of sulfonamides is 1. The van der Waals surface area contributed by atoms with Gasteiger partial charge in [-0.2, -0.15) is 4.31 Å². The number of aryl methyl sites for hydroxylation is 1. The Bertz CT molecular complexity index is 1130. The lowest BCUT2D eigenvalue weighted by Crippen LogP contribution is -2.42. The van der Waals surface area contributed by atoms with Gasteiger partial charge >= 0.3 is 0 Å². The standard InChI is InChI=1S/C23H21NO2S/c1-16-9-11-19(12-10-16)27(25,26)24-14-13-17-6-4-8-21-20-7-3-2-5-18(20)15-22(24)23(17)21/h2-12,22H,13-15H2,1H3. The fourth-order valence-electron chi connectivity index (χ4n) is 4.50. The minimum atomic E-state index is -3.53. The van der Waals surface area contributed by atoms with E-state index < -0.39 is 10.0 Å². The first kappa shape index (κ1) is 16.7. The summed E-state index contributed by atoms with van der Waals surface area (Å²) < 4.78 is 28.6. The molecule has 27 heavy (non-hydrogen) atoms. The van der Waals surface area contributed by atoms with Gasteiger partial charge in [0.05, 0.1) is 10.9 Å². The summed E-state index contributed by atoms with van der Waals surface area (Å²) in [6, 6.07) is 21.8. The van der Waals surface area contributed by atoms with Crippen LogP contribution in [0.25, 0.3) is 11.1 Å². The number of benzene rings is 3. The average Bonchev–Trinajstić information content (AvgIpc) is 2.68. The Hall–Kier alpha value is -2.43. The van der Waals surface area contributed by atoms with E-state index in [1.165, 1.54) is 27.8 Å². The van der Waals surface area contributed by atoms with Gasteiger partial charge in [0.15, 0.2) is 0 Å². The quantitative estimate of drug-likeness (QED) is 0.661. The molecule has 0 radical (unpaired) electrons. The van der Waals surface area contributed by atoms with Crippen LogP contribution in [0, 0.1) is 6.92 Å². The van der Waals surface area contributed by atoms with Gasteiger partial charge in [-0.25, -0.2) is 8.42 Å². The van der Waals surface area contributed by atoms with Crippen LogP contribution in [0.2, 0.25) is 0 Å². The maximum absolute atomic E-state index is 13.5. The molecule has 0 amide bonds. The van der Waals surface area contributed by atoms with Crippen molar-refractivity contribution in [2.45, 2.75) is 30.7 Å². The number of nitrogens with zero attached hydrogens (tertiary/aromatic N) is 1. The van der Waals surface area contributed by atoms with Crippen LogP contribution in [0.4, 0.5) is 0 Å². The lowest BCUT2D eigenvalue weighted by Gasteiger charge is -2.40. The van der Waals surface area contributed by atoms with E-state index in [4.69, 9.17) is 0 Å². The summed E-state index contributed by atoms with van der Waals surface area (Å²) in [5.74, 6) is 0. The van der Waals surface area contributed by atoms with Crippen molar-refractivity contribution in [2.75, 3.05) is 6.54 Å². The summed E-state index contributed by atoms with van der Waals surface area (Å²) in [6.45, 7) is 2.50. The number of hydrogen-bond acceptors (Lipinski definition) is 2. The second-order valence-corrected chi connectivity index (χ2v) is 9.32. The monoisotopic (exact) mass is 375 g/mol. The van der Waals surface area contributed by atoms with E-state index in [9.17, 15) is 8.42 Å². The zero-order valence-electron chi connectivity index (χ0n) is 15.2. The third-order valence-electron chi connectivity index (χ3n) is 5.83. The van der Waals surface area contributed by atoms with Gasteiger partial charge in [0.25, 0.3) is 0 Å². The molecule has 4 heteroatoms. The molecule has 5 rings (SSSR count). The molecule has 0 N–H and O–H groups in total. The smallest absolute Gasteiger partial charge is 0.207 e. The topological polar surface area (TPSA) is 37.4 Å². The fraction of sp³-hybridized carbons (Fsp3) is 0.217. The Balaban J connectivity index is 1.66. The largest absolute Gasteiger partial charge is 0.243 e. The van der Waals surface area contributed by atoms with Crippen LogP contribution in [-0.2, 0) is 22.9 Å². The van der Waals surface area contributed by atoms with Gasteiger partial charge in [-0.15, -0.1) is 0 Å². The van der Waals surface area contributed by atoms with Crippen molar-refractivity contribution < 1.29 is 8.42 Å². The third kappa shape index (κ3) is 2.55. The molecule has 3 aromatic carbocycles. The molecule has 0 aromatic heterocycles. The maximum Gasteiger partial charge on any atom is 0.243 e. The van der Waals surface area contributed by atoms with E-state index in [0.29, 0.717) is 11.4 Å². The van der Waals surface area contributed by atoms with Gasteiger partial charge in [-0.05, 0) is 59.7 Å². The Morgan fingerprint density at radius 1 is 0.852 bits per heavy atom. The van der Waals surface area contributed by atoms with Gasteiger partial charge < -0.3 is 0 Å². The minimum Gasteiger partial charge on any atom is -0.207 e. The Morgan fingerprint density at radius 2 is 1.56 bits per heavy atom. The van der Waals surface area contributed by atoms with Crippen molar-refractivity contribution >= 4 is 10.0 Å². The Kier molecular flexibility index (Phi) is 3.74. The third-order valence-corrected chi connectivity index (χ3v) is 7.75. The molecule has 136 valence electrons. The molecule has 1 atom stereocenters. The molecule has 0 saturated carbocycles.